The van der Waals surface area contributed by atoms with Gasteiger partial charge in [0.15, 0.2) is 0 Å². The van der Waals surface area contributed by atoms with Gasteiger partial charge in [-0.05, 0) is 50.0 Å². The van der Waals surface area contributed by atoms with Gasteiger partial charge in [-0.3, -0.25) is 0 Å². The molecule has 2 bridgehead atoms. The average Bonchev–Trinajstić information content (AvgIpc) is 2.81. The summed E-state index contributed by atoms with van der Waals surface area (Å²) in [5, 5.41) is 0. The lowest BCUT2D eigenvalue weighted by atomic mass is 9.77. The zero-order valence-electron chi connectivity index (χ0n) is 10.1. The summed E-state index contributed by atoms with van der Waals surface area (Å²) < 4.78 is 0. The molecule has 0 amide bonds. The summed E-state index contributed by atoms with van der Waals surface area (Å²) >= 11 is 0. The van der Waals surface area contributed by atoms with E-state index in [-0.39, 0.29) is 5.54 Å². The van der Waals surface area contributed by atoms with Crippen LogP contribution in [0.1, 0.15) is 36.8 Å². The first-order chi connectivity index (χ1) is 7.66. The maximum Gasteiger partial charge on any atom is 0.0226 e. The molecule has 1 aromatic rings. The van der Waals surface area contributed by atoms with E-state index in [1.807, 2.05) is 0 Å². The van der Waals surface area contributed by atoms with Crippen molar-refractivity contribution in [2.24, 2.45) is 17.6 Å². The van der Waals surface area contributed by atoms with Crippen molar-refractivity contribution in [3.05, 3.63) is 35.4 Å². The van der Waals surface area contributed by atoms with E-state index in [1.54, 1.807) is 0 Å². The molecule has 1 nitrogen and oxygen atoms in total. The van der Waals surface area contributed by atoms with Crippen molar-refractivity contribution in [1.82, 2.24) is 0 Å². The van der Waals surface area contributed by atoms with E-state index in [0.29, 0.717) is 0 Å². The molecule has 3 rings (SSSR count). The third-order valence-electron chi connectivity index (χ3n) is 4.68. The molecule has 1 aromatic carbocycles. The van der Waals surface area contributed by atoms with Gasteiger partial charge >= 0.3 is 0 Å². The van der Waals surface area contributed by atoms with Crippen molar-refractivity contribution in [2.45, 2.75) is 44.6 Å². The Hall–Kier alpha value is -0.820. The SMILES string of the molecule is Cc1ccc(CC2(N)CC3CCC2C3)cc1. The first kappa shape index (κ1) is 10.3. The van der Waals surface area contributed by atoms with Crippen LogP contribution in [0.15, 0.2) is 24.3 Å². The van der Waals surface area contributed by atoms with E-state index in [4.69, 9.17) is 5.73 Å². The molecule has 0 aromatic heterocycles. The zero-order chi connectivity index (χ0) is 11.2. The lowest BCUT2D eigenvalue weighted by Crippen LogP contribution is -2.46. The second kappa shape index (κ2) is 3.59. The van der Waals surface area contributed by atoms with E-state index < -0.39 is 0 Å². The fraction of sp³-hybridized carbons (Fsp3) is 0.600. The van der Waals surface area contributed by atoms with Crippen LogP contribution in [0.3, 0.4) is 0 Å². The Morgan fingerprint density at radius 3 is 2.56 bits per heavy atom. The molecule has 2 N–H and O–H groups in total. The van der Waals surface area contributed by atoms with Crippen LogP contribution in [0, 0.1) is 18.8 Å². The summed E-state index contributed by atoms with van der Waals surface area (Å²) in [6.07, 6.45) is 6.52. The van der Waals surface area contributed by atoms with Gasteiger partial charge in [0.25, 0.3) is 0 Å². The molecule has 0 aliphatic heterocycles. The molecule has 0 radical (unpaired) electrons. The smallest absolute Gasteiger partial charge is 0.0226 e. The van der Waals surface area contributed by atoms with Gasteiger partial charge in [-0.25, -0.2) is 0 Å². The Bertz CT molecular complexity index is 381. The van der Waals surface area contributed by atoms with Gasteiger partial charge in [0.1, 0.15) is 0 Å². The monoisotopic (exact) mass is 215 g/mol. The maximum absolute atomic E-state index is 6.61. The van der Waals surface area contributed by atoms with Crippen LogP contribution in [-0.2, 0) is 6.42 Å². The van der Waals surface area contributed by atoms with Crippen LogP contribution < -0.4 is 5.73 Å². The van der Waals surface area contributed by atoms with Gasteiger partial charge < -0.3 is 5.73 Å². The molecular weight excluding hydrogens is 194 g/mol. The molecular formula is C15H21N. The van der Waals surface area contributed by atoms with Crippen LogP contribution in [0.25, 0.3) is 0 Å². The molecule has 2 saturated carbocycles. The second-order valence-electron chi connectivity index (χ2n) is 5.98. The zero-order valence-corrected chi connectivity index (χ0v) is 10.1. The van der Waals surface area contributed by atoms with E-state index in [1.165, 1.54) is 36.8 Å². The Morgan fingerprint density at radius 2 is 2.00 bits per heavy atom. The first-order valence-electron chi connectivity index (χ1n) is 6.50. The van der Waals surface area contributed by atoms with Crippen LogP contribution in [0.5, 0.6) is 0 Å². The quantitative estimate of drug-likeness (QED) is 0.806. The number of benzene rings is 1. The summed E-state index contributed by atoms with van der Waals surface area (Å²) in [5.74, 6) is 1.72. The van der Waals surface area contributed by atoms with Crippen molar-refractivity contribution < 1.29 is 0 Å². The fourth-order valence-electron chi connectivity index (χ4n) is 3.79. The molecule has 0 spiro atoms. The lowest BCUT2D eigenvalue weighted by molar-refractivity contribution is 0.269. The van der Waals surface area contributed by atoms with Crippen LogP contribution in [0.2, 0.25) is 0 Å². The Balaban J connectivity index is 1.77. The number of rotatable bonds is 2. The highest BCUT2D eigenvalue weighted by molar-refractivity contribution is 5.24. The second-order valence-corrected chi connectivity index (χ2v) is 5.98. The highest BCUT2D eigenvalue weighted by atomic mass is 14.8. The van der Waals surface area contributed by atoms with Crippen molar-refractivity contribution in [1.29, 1.82) is 0 Å². The molecule has 2 aliphatic carbocycles. The van der Waals surface area contributed by atoms with Crippen molar-refractivity contribution in [2.75, 3.05) is 0 Å². The third-order valence-corrected chi connectivity index (χ3v) is 4.68. The maximum atomic E-state index is 6.61. The molecule has 2 aliphatic rings. The average molecular weight is 215 g/mol. The topological polar surface area (TPSA) is 26.0 Å². The standard InChI is InChI=1S/C15H21N/c1-11-2-4-12(5-3-11)9-15(16)10-13-6-7-14(15)8-13/h2-5,13-14H,6-10,16H2,1H3. The van der Waals surface area contributed by atoms with E-state index >= 15 is 0 Å². The number of aryl methyl sites for hydroxylation is 1. The molecule has 0 saturated heterocycles. The highest BCUT2D eigenvalue weighted by Gasteiger charge is 2.48. The highest BCUT2D eigenvalue weighted by Crippen LogP contribution is 2.50. The Kier molecular flexibility index (Phi) is 2.32. The van der Waals surface area contributed by atoms with Crippen molar-refractivity contribution in [3.63, 3.8) is 0 Å². The number of nitrogens with two attached hydrogens (primary N) is 1. The lowest BCUT2D eigenvalue weighted by Gasteiger charge is -2.34. The molecule has 2 fully saturated rings. The molecule has 3 unspecified atom stereocenters. The molecule has 0 heterocycles. The molecule has 16 heavy (non-hydrogen) atoms. The third kappa shape index (κ3) is 1.67. The van der Waals surface area contributed by atoms with Gasteiger partial charge in [0.05, 0.1) is 0 Å². The number of hydrogen-bond donors (Lipinski definition) is 1. The predicted molar refractivity (Wildman–Crippen MR) is 67.2 cm³/mol. The van der Waals surface area contributed by atoms with Gasteiger partial charge in [-0.15, -0.1) is 0 Å². The Morgan fingerprint density at radius 1 is 1.25 bits per heavy atom. The summed E-state index contributed by atoms with van der Waals surface area (Å²) in [7, 11) is 0. The Labute approximate surface area is 98.0 Å². The van der Waals surface area contributed by atoms with Gasteiger partial charge in [-0.1, -0.05) is 36.2 Å². The summed E-state index contributed by atoms with van der Waals surface area (Å²) in [5.41, 5.74) is 9.48. The number of hydrogen-bond acceptors (Lipinski definition) is 1. The summed E-state index contributed by atoms with van der Waals surface area (Å²) in [6.45, 7) is 2.14. The minimum Gasteiger partial charge on any atom is -0.325 e. The van der Waals surface area contributed by atoms with Gasteiger partial charge in [-0.2, -0.15) is 0 Å². The normalized spacial score (nSPS) is 36.9. The van der Waals surface area contributed by atoms with E-state index in [0.717, 1.165) is 18.3 Å². The summed E-state index contributed by atoms with van der Waals surface area (Å²) in [6, 6.07) is 8.89. The van der Waals surface area contributed by atoms with Crippen LogP contribution in [-0.4, -0.2) is 5.54 Å². The van der Waals surface area contributed by atoms with E-state index in [2.05, 4.69) is 31.2 Å². The largest absolute Gasteiger partial charge is 0.325 e. The van der Waals surface area contributed by atoms with Crippen molar-refractivity contribution in [3.8, 4) is 0 Å². The minimum absolute atomic E-state index is 0.109. The van der Waals surface area contributed by atoms with Crippen LogP contribution >= 0.6 is 0 Å². The van der Waals surface area contributed by atoms with Gasteiger partial charge in [0, 0.05) is 5.54 Å². The van der Waals surface area contributed by atoms with Crippen molar-refractivity contribution >= 4 is 0 Å². The van der Waals surface area contributed by atoms with E-state index in [9.17, 15) is 0 Å². The fourth-order valence-corrected chi connectivity index (χ4v) is 3.79. The molecule has 1 heteroatoms. The molecule has 3 atom stereocenters. The predicted octanol–water partition coefficient (Wildman–Crippen LogP) is 3.06. The van der Waals surface area contributed by atoms with Gasteiger partial charge in [0.2, 0.25) is 0 Å². The minimum atomic E-state index is 0.109. The number of fused-ring (bicyclic) bond motifs is 2. The first-order valence-corrected chi connectivity index (χ1v) is 6.50. The van der Waals surface area contributed by atoms with Crippen LogP contribution in [0.4, 0.5) is 0 Å². The molecule has 86 valence electrons. The summed E-state index contributed by atoms with van der Waals surface area (Å²) in [4.78, 5) is 0.